The van der Waals surface area contributed by atoms with E-state index in [9.17, 15) is 13.2 Å². The third-order valence-electron chi connectivity index (χ3n) is 4.55. The van der Waals surface area contributed by atoms with Crippen LogP contribution < -0.4 is 20.5 Å². The fraction of sp³-hybridized carbons (Fsp3) is 0.0476. The Labute approximate surface area is 178 Å². The van der Waals surface area contributed by atoms with Crippen molar-refractivity contribution in [3.63, 3.8) is 0 Å². The maximum absolute atomic E-state index is 12.4. The highest BCUT2D eigenvalue weighted by atomic mass is 32.2. The van der Waals surface area contributed by atoms with Gasteiger partial charge in [0, 0.05) is 5.69 Å². The highest BCUT2D eigenvalue weighted by molar-refractivity contribution is 7.89. The van der Waals surface area contributed by atoms with Crippen molar-refractivity contribution in [1.82, 2.24) is 9.97 Å². The fourth-order valence-corrected chi connectivity index (χ4v) is 3.86. The highest BCUT2D eigenvalue weighted by Crippen LogP contribution is 2.30. The molecule has 0 radical (unpaired) electrons. The lowest BCUT2D eigenvalue weighted by Gasteiger charge is -2.11. The van der Waals surface area contributed by atoms with Crippen LogP contribution in [0.4, 0.5) is 16.4 Å². The molecule has 5 N–H and O–H groups in total. The number of nitrogens with one attached hydrogen (secondary N) is 3. The molecular formula is C21H19N5O4S. The number of fused-ring (bicyclic) bond motifs is 1. The summed E-state index contributed by atoms with van der Waals surface area (Å²) in [5.74, 6) is 0.480. The molecule has 9 nitrogen and oxygen atoms in total. The Hall–Kier alpha value is -3.89. The first kappa shape index (κ1) is 20.4. The molecular weight excluding hydrogens is 418 g/mol. The number of sulfonamides is 1. The Balaban J connectivity index is 1.55. The van der Waals surface area contributed by atoms with Crippen LogP contribution in [-0.4, -0.2) is 31.5 Å². The lowest BCUT2D eigenvalue weighted by Crippen LogP contribution is -2.20. The van der Waals surface area contributed by atoms with Crippen LogP contribution in [0.15, 0.2) is 71.6 Å². The van der Waals surface area contributed by atoms with Crippen molar-refractivity contribution < 1.29 is 17.9 Å². The van der Waals surface area contributed by atoms with Gasteiger partial charge >= 0.3 is 6.03 Å². The number of urea groups is 1. The predicted molar refractivity (Wildman–Crippen MR) is 119 cm³/mol. The number of anilines is 2. The summed E-state index contributed by atoms with van der Waals surface area (Å²) in [6.45, 7) is 0. The number of para-hydroxylation sites is 2. The Morgan fingerprint density at radius 2 is 1.77 bits per heavy atom. The van der Waals surface area contributed by atoms with Crippen LogP contribution in [0.25, 0.3) is 22.2 Å². The number of imidazole rings is 1. The van der Waals surface area contributed by atoms with Crippen molar-refractivity contribution in [3.05, 3.63) is 66.7 Å². The van der Waals surface area contributed by atoms with Gasteiger partial charge < -0.3 is 15.0 Å². The first-order chi connectivity index (χ1) is 14.8. The number of primary sulfonamides is 1. The van der Waals surface area contributed by atoms with E-state index >= 15 is 0 Å². The molecule has 0 saturated heterocycles. The maximum Gasteiger partial charge on any atom is 0.326 e. The minimum atomic E-state index is -3.97. The van der Waals surface area contributed by atoms with E-state index in [1.165, 1.54) is 19.2 Å². The predicted octanol–water partition coefficient (Wildman–Crippen LogP) is 3.53. The third kappa shape index (κ3) is 4.49. The van der Waals surface area contributed by atoms with Crippen molar-refractivity contribution in [2.45, 2.75) is 4.90 Å². The van der Waals surface area contributed by atoms with Gasteiger partial charge in [-0.3, -0.25) is 5.32 Å². The van der Waals surface area contributed by atoms with E-state index in [1.54, 1.807) is 30.3 Å². The first-order valence-electron chi connectivity index (χ1n) is 9.17. The van der Waals surface area contributed by atoms with E-state index in [-0.39, 0.29) is 10.6 Å². The minimum Gasteiger partial charge on any atom is -0.495 e. The summed E-state index contributed by atoms with van der Waals surface area (Å²) >= 11 is 0. The summed E-state index contributed by atoms with van der Waals surface area (Å²) in [6, 6.07) is 18.6. The SMILES string of the molecule is COc1ccc(-c2cccc(NC(=O)Nc3nc4ccccc4[nH]3)c2)cc1S(N)(=O)=O. The van der Waals surface area contributed by atoms with Crippen LogP contribution in [0.5, 0.6) is 5.75 Å². The Morgan fingerprint density at radius 1 is 1.00 bits per heavy atom. The number of rotatable bonds is 5. The molecule has 4 rings (SSSR count). The monoisotopic (exact) mass is 437 g/mol. The number of nitrogens with two attached hydrogens (primary N) is 1. The second kappa shape index (κ2) is 8.09. The van der Waals surface area contributed by atoms with Gasteiger partial charge in [0.15, 0.2) is 0 Å². The third-order valence-corrected chi connectivity index (χ3v) is 5.48. The number of hydrogen-bond acceptors (Lipinski definition) is 5. The van der Waals surface area contributed by atoms with E-state index in [2.05, 4.69) is 20.6 Å². The van der Waals surface area contributed by atoms with Gasteiger partial charge in [0.05, 0.1) is 18.1 Å². The van der Waals surface area contributed by atoms with Crippen LogP contribution >= 0.6 is 0 Å². The largest absolute Gasteiger partial charge is 0.495 e. The molecule has 0 spiro atoms. The zero-order chi connectivity index (χ0) is 22.0. The van der Waals surface area contributed by atoms with Crippen LogP contribution in [-0.2, 0) is 10.0 Å². The highest BCUT2D eigenvalue weighted by Gasteiger charge is 2.16. The summed E-state index contributed by atoms with van der Waals surface area (Å²) in [6.07, 6.45) is 0. The number of H-pyrrole nitrogens is 1. The molecule has 4 aromatic rings. The average molecular weight is 437 g/mol. The number of aromatic nitrogens is 2. The quantitative estimate of drug-likeness (QED) is 0.378. The smallest absolute Gasteiger partial charge is 0.326 e. The summed E-state index contributed by atoms with van der Waals surface area (Å²) in [4.78, 5) is 19.6. The van der Waals surface area contributed by atoms with Crippen LogP contribution in [0.3, 0.4) is 0 Å². The van der Waals surface area contributed by atoms with Gasteiger partial charge in [-0.25, -0.2) is 23.3 Å². The maximum atomic E-state index is 12.4. The van der Waals surface area contributed by atoms with E-state index in [1.807, 2.05) is 24.3 Å². The van der Waals surface area contributed by atoms with Gasteiger partial charge in [0.1, 0.15) is 10.6 Å². The number of benzene rings is 3. The number of methoxy groups -OCH3 is 1. The zero-order valence-corrected chi connectivity index (χ0v) is 17.2. The Kier molecular flexibility index (Phi) is 5.32. The van der Waals surface area contributed by atoms with Gasteiger partial charge in [-0.15, -0.1) is 0 Å². The molecule has 0 fully saturated rings. The summed E-state index contributed by atoms with van der Waals surface area (Å²) in [7, 11) is -2.60. The Morgan fingerprint density at radius 3 is 2.52 bits per heavy atom. The summed E-state index contributed by atoms with van der Waals surface area (Å²) in [5.41, 5.74) is 3.36. The van der Waals surface area contributed by atoms with Gasteiger partial charge in [-0.05, 0) is 47.5 Å². The molecule has 1 aromatic heterocycles. The van der Waals surface area contributed by atoms with Crippen LogP contribution in [0.1, 0.15) is 0 Å². The lowest BCUT2D eigenvalue weighted by molar-refractivity contribution is 0.262. The topological polar surface area (TPSA) is 139 Å². The number of aromatic amines is 1. The molecule has 0 atom stereocenters. The number of nitrogens with zero attached hydrogens (tertiary/aromatic N) is 1. The molecule has 158 valence electrons. The van der Waals surface area contributed by atoms with Crippen LogP contribution in [0, 0.1) is 0 Å². The molecule has 10 heteroatoms. The minimum absolute atomic E-state index is 0.117. The second-order valence-corrected chi connectivity index (χ2v) is 8.20. The van der Waals surface area contributed by atoms with E-state index < -0.39 is 16.1 Å². The fourth-order valence-electron chi connectivity index (χ4n) is 3.14. The van der Waals surface area contributed by atoms with Crippen molar-refractivity contribution in [2.24, 2.45) is 5.14 Å². The van der Waals surface area contributed by atoms with E-state index in [0.29, 0.717) is 22.8 Å². The standard InChI is InChI=1S/C21H19N5O4S/c1-30-18-10-9-14(12-19(18)31(22,28)29)13-5-4-6-15(11-13)23-21(27)26-20-24-16-7-2-3-8-17(16)25-20/h2-12H,1H3,(H2,22,28,29)(H3,23,24,25,26,27). The van der Waals surface area contributed by atoms with E-state index in [0.717, 1.165) is 11.0 Å². The molecule has 0 aliphatic rings. The van der Waals surface area contributed by atoms with Gasteiger partial charge in [0.2, 0.25) is 16.0 Å². The lowest BCUT2D eigenvalue weighted by atomic mass is 10.0. The van der Waals surface area contributed by atoms with Crippen molar-refractivity contribution >= 4 is 38.7 Å². The molecule has 0 saturated carbocycles. The molecule has 31 heavy (non-hydrogen) atoms. The van der Waals surface area contributed by atoms with Gasteiger partial charge in [-0.2, -0.15) is 0 Å². The molecule has 2 amide bonds. The summed E-state index contributed by atoms with van der Waals surface area (Å²) < 4.78 is 28.8. The first-order valence-corrected chi connectivity index (χ1v) is 10.7. The normalized spacial score (nSPS) is 11.3. The molecule has 0 unspecified atom stereocenters. The Bertz CT molecular complexity index is 1350. The average Bonchev–Trinajstić information content (AvgIpc) is 3.15. The number of carbonyl (C=O) groups excluding carboxylic acids is 1. The molecule has 0 aliphatic carbocycles. The number of hydrogen-bond donors (Lipinski definition) is 4. The second-order valence-electron chi connectivity index (χ2n) is 6.67. The van der Waals surface area contributed by atoms with Gasteiger partial charge in [-0.1, -0.05) is 30.3 Å². The zero-order valence-electron chi connectivity index (χ0n) is 16.4. The van der Waals surface area contributed by atoms with E-state index in [4.69, 9.17) is 9.88 Å². The molecule has 0 bridgehead atoms. The van der Waals surface area contributed by atoms with Crippen molar-refractivity contribution in [1.29, 1.82) is 0 Å². The molecule has 3 aromatic carbocycles. The van der Waals surface area contributed by atoms with Gasteiger partial charge in [0.25, 0.3) is 0 Å². The molecule has 1 heterocycles. The number of amides is 2. The van der Waals surface area contributed by atoms with Crippen LogP contribution in [0.2, 0.25) is 0 Å². The van der Waals surface area contributed by atoms with Crippen molar-refractivity contribution in [2.75, 3.05) is 17.7 Å². The molecule has 0 aliphatic heterocycles. The van der Waals surface area contributed by atoms with Crippen molar-refractivity contribution in [3.8, 4) is 16.9 Å². The number of carbonyl (C=O) groups is 1. The summed E-state index contributed by atoms with van der Waals surface area (Å²) in [5, 5.41) is 10.7. The number of ether oxygens (including phenoxy) is 1.